The Bertz CT molecular complexity index is 491. The molecular weight excluding hydrogens is 230 g/mol. The van der Waals surface area contributed by atoms with Gasteiger partial charge in [-0.2, -0.15) is 0 Å². The fourth-order valence-electron chi connectivity index (χ4n) is 1.77. The topological polar surface area (TPSA) is 20.3 Å². The van der Waals surface area contributed by atoms with Crippen LogP contribution in [0.3, 0.4) is 0 Å². The quantitative estimate of drug-likeness (QED) is 0.759. The largest absolute Gasteiger partial charge is 0.335 e. The predicted molar refractivity (Wildman–Crippen MR) is 73.2 cm³/mol. The Morgan fingerprint density at radius 3 is 2.88 bits per heavy atom. The molecule has 0 atom stereocenters. The number of carbonyl (C=O) groups is 1. The van der Waals surface area contributed by atoms with Crippen LogP contribution in [0.1, 0.15) is 13.8 Å². The zero-order valence-corrected chi connectivity index (χ0v) is 10.8. The first-order valence-corrected chi connectivity index (χ1v) is 6.47. The molecule has 1 aliphatic heterocycles. The molecule has 0 saturated carbocycles. The number of fused-ring (bicyclic) bond motifs is 1. The Hall–Kier alpha value is -1.48. The summed E-state index contributed by atoms with van der Waals surface area (Å²) in [5.41, 5.74) is 1.25. The fraction of sp³-hybridized carbons (Fsp3) is 0.214. The van der Waals surface area contributed by atoms with Crippen LogP contribution >= 0.6 is 11.8 Å². The summed E-state index contributed by atoms with van der Waals surface area (Å²) >= 11 is 1.74. The van der Waals surface area contributed by atoms with Crippen molar-refractivity contribution >= 4 is 23.2 Å². The summed E-state index contributed by atoms with van der Waals surface area (Å²) in [5.74, 6) is 0.0745. The summed E-state index contributed by atoms with van der Waals surface area (Å²) in [5, 5.41) is 1.17. The number of benzene rings is 1. The molecule has 17 heavy (non-hydrogen) atoms. The predicted octanol–water partition coefficient (Wildman–Crippen LogP) is 3.61. The molecular formula is C14H15NOS. The molecule has 1 aliphatic rings. The van der Waals surface area contributed by atoms with E-state index in [1.165, 1.54) is 15.6 Å². The molecule has 2 rings (SSSR count). The summed E-state index contributed by atoms with van der Waals surface area (Å²) in [6.07, 6.45) is 5.40. The molecule has 1 aromatic carbocycles. The van der Waals surface area contributed by atoms with Gasteiger partial charge in [-0.15, -0.1) is 0 Å². The number of hydrogen-bond donors (Lipinski definition) is 0. The van der Waals surface area contributed by atoms with Crippen molar-refractivity contribution in [1.29, 1.82) is 0 Å². The van der Waals surface area contributed by atoms with Crippen molar-refractivity contribution in [2.24, 2.45) is 0 Å². The summed E-state index contributed by atoms with van der Waals surface area (Å²) in [6, 6.07) is 8.35. The Kier molecular flexibility index (Phi) is 3.69. The van der Waals surface area contributed by atoms with E-state index in [2.05, 4.69) is 30.0 Å². The highest BCUT2D eigenvalue weighted by Crippen LogP contribution is 2.45. The van der Waals surface area contributed by atoms with E-state index in [0.717, 1.165) is 6.54 Å². The van der Waals surface area contributed by atoms with Crippen molar-refractivity contribution in [2.75, 3.05) is 11.4 Å². The minimum Gasteiger partial charge on any atom is -0.335 e. The van der Waals surface area contributed by atoms with Gasteiger partial charge >= 0.3 is 0 Å². The second kappa shape index (κ2) is 5.23. The van der Waals surface area contributed by atoms with Gasteiger partial charge in [-0.05, 0) is 38.1 Å². The monoisotopic (exact) mass is 245 g/mol. The molecule has 0 spiro atoms. The van der Waals surface area contributed by atoms with Gasteiger partial charge in [0.05, 0.1) is 10.7 Å². The van der Waals surface area contributed by atoms with E-state index >= 15 is 0 Å². The standard InChI is InChI=1S/C14H15NOS/c1-3-15-12-8-4-5-9-13(12)17-14(15)10-6-7-11(2)16/h4-10H,3H2,1-2H3/b7-6+,14-10-. The number of hydrogen-bond acceptors (Lipinski definition) is 3. The molecule has 0 saturated heterocycles. The Morgan fingerprint density at radius 1 is 1.41 bits per heavy atom. The van der Waals surface area contributed by atoms with Crippen molar-refractivity contribution in [3.05, 3.63) is 47.5 Å². The van der Waals surface area contributed by atoms with E-state index in [4.69, 9.17) is 0 Å². The van der Waals surface area contributed by atoms with Crippen LogP contribution in [0.5, 0.6) is 0 Å². The smallest absolute Gasteiger partial charge is 0.152 e. The highest BCUT2D eigenvalue weighted by molar-refractivity contribution is 8.03. The Balaban J connectivity index is 2.26. The van der Waals surface area contributed by atoms with Gasteiger partial charge in [-0.3, -0.25) is 4.79 Å². The minimum absolute atomic E-state index is 0.0745. The van der Waals surface area contributed by atoms with E-state index in [1.54, 1.807) is 24.8 Å². The number of ketones is 1. The summed E-state index contributed by atoms with van der Waals surface area (Å²) in [4.78, 5) is 14.4. The first-order chi connectivity index (χ1) is 8.22. The lowest BCUT2D eigenvalue weighted by atomic mass is 10.3. The molecule has 0 radical (unpaired) electrons. The number of thioether (sulfide) groups is 1. The lowest BCUT2D eigenvalue weighted by Gasteiger charge is -2.17. The third kappa shape index (κ3) is 2.61. The fourth-order valence-corrected chi connectivity index (χ4v) is 2.91. The average molecular weight is 245 g/mol. The number of nitrogens with zero attached hydrogens (tertiary/aromatic N) is 1. The number of anilines is 1. The maximum Gasteiger partial charge on any atom is 0.152 e. The number of allylic oxidation sites excluding steroid dienone is 3. The highest BCUT2D eigenvalue weighted by atomic mass is 32.2. The van der Waals surface area contributed by atoms with Crippen LogP contribution in [0.2, 0.25) is 0 Å². The zero-order valence-electron chi connectivity index (χ0n) is 10.0. The van der Waals surface area contributed by atoms with Crippen LogP contribution in [-0.4, -0.2) is 12.3 Å². The van der Waals surface area contributed by atoms with Gasteiger partial charge in [0.2, 0.25) is 0 Å². The first-order valence-electron chi connectivity index (χ1n) is 5.65. The van der Waals surface area contributed by atoms with Crippen molar-refractivity contribution in [3.63, 3.8) is 0 Å². The maximum atomic E-state index is 10.9. The second-order valence-corrected chi connectivity index (χ2v) is 4.85. The van der Waals surface area contributed by atoms with Crippen LogP contribution in [-0.2, 0) is 4.79 Å². The van der Waals surface area contributed by atoms with Gasteiger partial charge in [0.1, 0.15) is 0 Å². The molecule has 0 aliphatic carbocycles. The van der Waals surface area contributed by atoms with E-state index in [0.29, 0.717) is 0 Å². The molecule has 0 bridgehead atoms. The third-order valence-electron chi connectivity index (χ3n) is 2.52. The molecule has 3 heteroatoms. The third-order valence-corrected chi connectivity index (χ3v) is 3.65. The highest BCUT2D eigenvalue weighted by Gasteiger charge is 2.22. The van der Waals surface area contributed by atoms with Crippen molar-refractivity contribution in [3.8, 4) is 0 Å². The van der Waals surface area contributed by atoms with Crippen molar-refractivity contribution < 1.29 is 4.79 Å². The van der Waals surface area contributed by atoms with Gasteiger partial charge in [-0.1, -0.05) is 30.0 Å². The maximum absolute atomic E-state index is 10.9. The molecule has 0 N–H and O–H groups in total. The van der Waals surface area contributed by atoms with Crippen molar-refractivity contribution in [1.82, 2.24) is 0 Å². The molecule has 0 fully saturated rings. The van der Waals surface area contributed by atoms with Crippen LogP contribution < -0.4 is 4.90 Å². The summed E-state index contributed by atoms with van der Waals surface area (Å²) in [6.45, 7) is 4.62. The van der Waals surface area contributed by atoms with Crippen LogP contribution in [0.25, 0.3) is 0 Å². The molecule has 0 amide bonds. The summed E-state index contributed by atoms with van der Waals surface area (Å²) in [7, 11) is 0. The number of carbonyl (C=O) groups excluding carboxylic acids is 1. The van der Waals surface area contributed by atoms with Gasteiger partial charge in [0.15, 0.2) is 5.78 Å². The van der Waals surface area contributed by atoms with E-state index in [-0.39, 0.29) is 5.78 Å². The number of para-hydroxylation sites is 1. The molecule has 1 aromatic rings. The van der Waals surface area contributed by atoms with Gasteiger partial charge in [-0.25, -0.2) is 0 Å². The molecule has 0 aromatic heterocycles. The SMILES string of the molecule is CCN1/C(=C/C=C/C(C)=O)Sc2ccccc21. The summed E-state index contributed by atoms with van der Waals surface area (Å²) < 4.78 is 0. The molecule has 1 heterocycles. The Labute approximate surface area is 106 Å². The zero-order chi connectivity index (χ0) is 12.3. The van der Waals surface area contributed by atoms with E-state index in [1.807, 2.05) is 18.2 Å². The lowest BCUT2D eigenvalue weighted by Crippen LogP contribution is -2.16. The molecule has 88 valence electrons. The van der Waals surface area contributed by atoms with Crippen molar-refractivity contribution in [2.45, 2.75) is 18.7 Å². The average Bonchev–Trinajstić information content (AvgIpc) is 2.66. The molecule has 2 nitrogen and oxygen atoms in total. The minimum atomic E-state index is 0.0745. The van der Waals surface area contributed by atoms with Crippen LogP contribution in [0, 0.1) is 0 Å². The normalized spacial score (nSPS) is 16.8. The Morgan fingerprint density at radius 2 is 2.18 bits per heavy atom. The lowest BCUT2D eigenvalue weighted by molar-refractivity contribution is -0.112. The van der Waals surface area contributed by atoms with E-state index in [9.17, 15) is 4.79 Å². The van der Waals surface area contributed by atoms with Crippen LogP contribution in [0.4, 0.5) is 5.69 Å². The van der Waals surface area contributed by atoms with E-state index < -0.39 is 0 Å². The second-order valence-electron chi connectivity index (χ2n) is 3.79. The van der Waals surface area contributed by atoms with Crippen LogP contribution in [0.15, 0.2) is 52.4 Å². The van der Waals surface area contributed by atoms with Gasteiger partial charge in [0, 0.05) is 11.4 Å². The van der Waals surface area contributed by atoms with Gasteiger partial charge in [0.25, 0.3) is 0 Å². The number of rotatable bonds is 3. The first kappa shape index (κ1) is 12.0. The van der Waals surface area contributed by atoms with Gasteiger partial charge < -0.3 is 4.90 Å². The molecule has 0 unspecified atom stereocenters.